The number of benzene rings is 2. The Morgan fingerprint density at radius 1 is 1.14 bits per heavy atom. The van der Waals surface area contributed by atoms with E-state index < -0.39 is 0 Å². The van der Waals surface area contributed by atoms with Crippen molar-refractivity contribution < 1.29 is 8.91 Å². The second-order valence-electron chi connectivity index (χ2n) is 5.98. The summed E-state index contributed by atoms with van der Waals surface area (Å²) in [7, 11) is 0. The van der Waals surface area contributed by atoms with Crippen molar-refractivity contribution in [3.05, 3.63) is 70.8 Å². The number of guanidine groups is 1. The molecular formula is C20H22ClFIN5O. The van der Waals surface area contributed by atoms with Crippen molar-refractivity contribution in [1.82, 2.24) is 20.8 Å². The molecule has 6 nitrogen and oxygen atoms in total. The molecular weight excluding hydrogens is 508 g/mol. The van der Waals surface area contributed by atoms with Gasteiger partial charge in [-0.05, 0) is 37.3 Å². The number of aromatic nitrogens is 2. The van der Waals surface area contributed by atoms with Crippen molar-refractivity contribution in [3.8, 4) is 11.4 Å². The fourth-order valence-electron chi connectivity index (χ4n) is 2.49. The highest BCUT2D eigenvalue weighted by atomic mass is 127. The summed E-state index contributed by atoms with van der Waals surface area (Å²) >= 11 is 5.89. The fraction of sp³-hybridized carbons (Fsp3) is 0.250. The Balaban J connectivity index is 0.00000300. The number of rotatable bonds is 7. The van der Waals surface area contributed by atoms with Crippen molar-refractivity contribution >= 4 is 41.5 Å². The minimum Gasteiger partial charge on any atom is -0.357 e. The molecule has 0 aliphatic heterocycles. The van der Waals surface area contributed by atoms with Crippen molar-refractivity contribution in [2.45, 2.75) is 19.9 Å². The summed E-state index contributed by atoms with van der Waals surface area (Å²) in [6.45, 7) is 3.47. The molecule has 0 saturated heterocycles. The molecule has 29 heavy (non-hydrogen) atoms. The number of nitrogens with one attached hydrogen (secondary N) is 2. The van der Waals surface area contributed by atoms with Gasteiger partial charge in [-0.3, -0.25) is 0 Å². The number of hydrogen-bond donors (Lipinski definition) is 2. The third kappa shape index (κ3) is 6.97. The zero-order valence-electron chi connectivity index (χ0n) is 15.9. The van der Waals surface area contributed by atoms with Gasteiger partial charge in [0.25, 0.3) is 0 Å². The fourth-order valence-corrected chi connectivity index (χ4v) is 2.62. The Bertz CT molecular complexity index is 933. The van der Waals surface area contributed by atoms with Crippen molar-refractivity contribution in [2.24, 2.45) is 4.99 Å². The van der Waals surface area contributed by atoms with E-state index in [9.17, 15) is 4.39 Å². The van der Waals surface area contributed by atoms with Gasteiger partial charge in [0.15, 0.2) is 5.96 Å². The number of aliphatic imine (C=N–C) groups is 1. The molecule has 0 amide bonds. The zero-order valence-corrected chi connectivity index (χ0v) is 18.9. The minimum atomic E-state index is -0.261. The third-order valence-corrected chi connectivity index (χ3v) is 4.16. The first-order valence-corrected chi connectivity index (χ1v) is 9.37. The summed E-state index contributed by atoms with van der Waals surface area (Å²) in [4.78, 5) is 8.80. The van der Waals surface area contributed by atoms with Crippen LogP contribution in [-0.2, 0) is 13.0 Å². The summed E-state index contributed by atoms with van der Waals surface area (Å²) < 4.78 is 19.0. The van der Waals surface area contributed by atoms with E-state index in [2.05, 4.69) is 25.8 Å². The van der Waals surface area contributed by atoms with Gasteiger partial charge in [0.05, 0.1) is 6.54 Å². The first kappa shape index (κ1) is 23.1. The molecule has 154 valence electrons. The van der Waals surface area contributed by atoms with Crippen molar-refractivity contribution in [2.75, 3.05) is 13.1 Å². The average molecular weight is 530 g/mol. The molecule has 3 rings (SSSR count). The topological polar surface area (TPSA) is 75.3 Å². The molecule has 0 atom stereocenters. The highest BCUT2D eigenvalue weighted by Crippen LogP contribution is 2.18. The molecule has 0 saturated carbocycles. The van der Waals surface area contributed by atoms with Crippen LogP contribution in [-0.4, -0.2) is 29.2 Å². The second-order valence-corrected chi connectivity index (χ2v) is 6.42. The van der Waals surface area contributed by atoms with E-state index in [-0.39, 0.29) is 36.3 Å². The van der Waals surface area contributed by atoms with Crippen LogP contribution >= 0.6 is 35.6 Å². The van der Waals surface area contributed by atoms with Gasteiger partial charge in [-0.1, -0.05) is 35.0 Å². The largest absolute Gasteiger partial charge is 0.357 e. The van der Waals surface area contributed by atoms with Crippen LogP contribution in [0.5, 0.6) is 0 Å². The van der Waals surface area contributed by atoms with Gasteiger partial charge in [0, 0.05) is 35.7 Å². The lowest BCUT2D eigenvalue weighted by atomic mass is 10.2. The maximum absolute atomic E-state index is 13.7. The Kier molecular flexibility index (Phi) is 9.33. The molecule has 1 aromatic heterocycles. The van der Waals surface area contributed by atoms with E-state index in [1.807, 2.05) is 19.1 Å². The van der Waals surface area contributed by atoms with Crippen LogP contribution in [0.3, 0.4) is 0 Å². The third-order valence-electron chi connectivity index (χ3n) is 3.91. The lowest BCUT2D eigenvalue weighted by molar-refractivity contribution is 0.378. The van der Waals surface area contributed by atoms with Gasteiger partial charge < -0.3 is 15.2 Å². The van der Waals surface area contributed by atoms with Gasteiger partial charge in [0.2, 0.25) is 11.7 Å². The molecule has 0 aliphatic rings. The first-order chi connectivity index (χ1) is 13.7. The van der Waals surface area contributed by atoms with Gasteiger partial charge in [0.1, 0.15) is 5.82 Å². The van der Waals surface area contributed by atoms with E-state index in [4.69, 9.17) is 16.1 Å². The summed E-state index contributed by atoms with van der Waals surface area (Å²) in [6.07, 6.45) is 0.532. The Morgan fingerprint density at radius 3 is 2.62 bits per heavy atom. The summed E-state index contributed by atoms with van der Waals surface area (Å²) in [6, 6.07) is 13.9. The quantitative estimate of drug-likeness (QED) is 0.269. The van der Waals surface area contributed by atoms with E-state index in [0.29, 0.717) is 47.8 Å². The van der Waals surface area contributed by atoms with Crippen LogP contribution in [0.15, 0.2) is 58.0 Å². The molecule has 2 aromatic carbocycles. The zero-order chi connectivity index (χ0) is 19.8. The van der Waals surface area contributed by atoms with Gasteiger partial charge in [-0.15, -0.1) is 24.0 Å². The maximum atomic E-state index is 13.7. The Labute approximate surface area is 191 Å². The maximum Gasteiger partial charge on any atom is 0.228 e. The molecule has 2 N–H and O–H groups in total. The summed E-state index contributed by atoms with van der Waals surface area (Å²) in [5.41, 5.74) is 1.39. The standard InChI is InChI=1S/C20H21ClFN5O.HI/c1-2-23-20(25-13-15-5-3-4-6-17(15)22)24-12-11-18-26-19(27-28-18)14-7-9-16(21)10-8-14;/h3-10H,2,11-13H2,1H3,(H2,23,24,25);1H. The monoisotopic (exact) mass is 529 g/mol. The summed E-state index contributed by atoms with van der Waals surface area (Å²) in [5, 5.41) is 11.0. The van der Waals surface area contributed by atoms with Crippen LogP contribution in [0.4, 0.5) is 4.39 Å². The molecule has 0 unspecified atom stereocenters. The van der Waals surface area contributed by atoms with E-state index in [0.717, 1.165) is 5.56 Å². The molecule has 0 aliphatic carbocycles. The van der Waals surface area contributed by atoms with Crippen molar-refractivity contribution in [3.63, 3.8) is 0 Å². The smallest absolute Gasteiger partial charge is 0.228 e. The minimum absolute atomic E-state index is 0. The first-order valence-electron chi connectivity index (χ1n) is 9.00. The van der Waals surface area contributed by atoms with E-state index in [1.54, 1.807) is 30.3 Å². The lowest BCUT2D eigenvalue weighted by Gasteiger charge is -2.10. The van der Waals surface area contributed by atoms with Gasteiger partial charge >= 0.3 is 0 Å². The SMILES string of the molecule is CCNC(=NCc1ccccc1F)NCCc1nc(-c2ccc(Cl)cc2)no1.I. The summed E-state index contributed by atoms with van der Waals surface area (Å²) in [5.74, 6) is 1.38. The number of halogens is 3. The van der Waals surface area contributed by atoms with Crippen LogP contribution in [0.1, 0.15) is 18.4 Å². The van der Waals surface area contributed by atoms with E-state index in [1.165, 1.54) is 6.07 Å². The lowest BCUT2D eigenvalue weighted by Crippen LogP contribution is -2.38. The van der Waals surface area contributed by atoms with E-state index >= 15 is 0 Å². The van der Waals surface area contributed by atoms with Crippen LogP contribution < -0.4 is 10.6 Å². The number of hydrogen-bond acceptors (Lipinski definition) is 4. The van der Waals surface area contributed by atoms with Gasteiger partial charge in [-0.25, -0.2) is 9.38 Å². The second kappa shape index (κ2) is 11.7. The normalized spacial score (nSPS) is 11.1. The molecule has 3 aromatic rings. The Morgan fingerprint density at radius 2 is 1.90 bits per heavy atom. The van der Waals surface area contributed by atoms with Crippen LogP contribution in [0, 0.1) is 5.82 Å². The predicted octanol–water partition coefficient (Wildman–Crippen LogP) is 4.44. The van der Waals surface area contributed by atoms with Crippen LogP contribution in [0.2, 0.25) is 5.02 Å². The highest BCUT2D eigenvalue weighted by molar-refractivity contribution is 14.0. The predicted molar refractivity (Wildman–Crippen MR) is 123 cm³/mol. The Hall–Kier alpha value is -2.20. The molecule has 0 bridgehead atoms. The number of nitrogens with zero attached hydrogens (tertiary/aromatic N) is 3. The average Bonchev–Trinajstić information content (AvgIpc) is 3.16. The molecule has 0 fully saturated rings. The molecule has 0 radical (unpaired) electrons. The highest BCUT2D eigenvalue weighted by Gasteiger charge is 2.09. The molecule has 0 spiro atoms. The molecule has 9 heteroatoms. The van der Waals surface area contributed by atoms with Crippen molar-refractivity contribution in [1.29, 1.82) is 0 Å². The van der Waals surface area contributed by atoms with Gasteiger partial charge in [-0.2, -0.15) is 4.98 Å². The molecule has 1 heterocycles. The van der Waals surface area contributed by atoms with Crippen LogP contribution in [0.25, 0.3) is 11.4 Å².